The highest BCUT2D eigenvalue weighted by atomic mass is 35.5. The van der Waals surface area contributed by atoms with Gasteiger partial charge in [0.15, 0.2) is 0 Å². The minimum absolute atomic E-state index is 0. The van der Waals surface area contributed by atoms with E-state index in [0.29, 0.717) is 0 Å². The Hall–Kier alpha value is -0.280. The molecule has 1 amide bonds. The van der Waals surface area contributed by atoms with Crippen molar-refractivity contribution in [2.75, 3.05) is 13.1 Å². The average molecular weight is 177 g/mol. The second kappa shape index (κ2) is 2.99. The molecule has 2 aliphatic rings. The predicted octanol–water partition coefficient (Wildman–Crippen LogP) is 0.0503. The van der Waals surface area contributed by atoms with Crippen LogP contribution in [0.3, 0.4) is 0 Å². The molecule has 0 aliphatic carbocycles. The van der Waals surface area contributed by atoms with Crippen molar-refractivity contribution in [3.63, 3.8) is 0 Å². The molecule has 0 unspecified atom stereocenters. The van der Waals surface area contributed by atoms with Gasteiger partial charge >= 0.3 is 0 Å². The van der Waals surface area contributed by atoms with E-state index in [2.05, 4.69) is 10.6 Å². The highest BCUT2D eigenvalue weighted by Crippen LogP contribution is 2.26. The quantitative estimate of drug-likeness (QED) is 0.548. The normalized spacial score (nSPS) is 35.5. The van der Waals surface area contributed by atoms with E-state index in [-0.39, 0.29) is 23.9 Å². The van der Waals surface area contributed by atoms with Gasteiger partial charge in [-0.15, -0.1) is 12.4 Å². The molecule has 2 aliphatic heterocycles. The van der Waals surface area contributed by atoms with Gasteiger partial charge in [-0.05, 0) is 25.8 Å². The van der Waals surface area contributed by atoms with Crippen LogP contribution < -0.4 is 10.6 Å². The van der Waals surface area contributed by atoms with Crippen molar-refractivity contribution in [2.24, 2.45) is 0 Å². The number of halogens is 1. The Morgan fingerprint density at radius 3 is 2.55 bits per heavy atom. The average Bonchev–Trinajstić information content (AvgIpc) is 2.48. The Kier molecular flexibility index (Phi) is 2.40. The van der Waals surface area contributed by atoms with Crippen molar-refractivity contribution in [3.05, 3.63) is 0 Å². The van der Waals surface area contributed by atoms with E-state index in [1.165, 1.54) is 0 Å². The summed E-state index contributed by atoms with van der Waals surface area (Å²) in [5, 5.41) is 6.12. The van der Waals surface area contributed by atoms with Gasteiger partial charge in [0.1, 0.15) is 0 Å². The van der Waals surface area contributed by atoms with Crippen LogP contribution in [-0.4, -0.2) is 24.5 Å². The van der Waals surface area contributed by atoms with Crippen LogP contribution in [-0.2, 0) is 4.79 Å². The summed E-state index contributed by atoms with van der Waals surface area (Å²) in [6.45, 7) is 1.86. The summed E-state index contributed by atoms with van der Waals surface area (Å²) >= 11 is 0. The Balaban J connectivity index is 0.000000605. The molecule has 2 rings (SSSR count). The Bertz CT molecular complexity index is 160. The lowest BCUT2D eigenvalue weighted by Gasteiger charge is -2.18. The van der Waals surface area contributed by atoms with E-state index in [1.807, 2.05) is 0 Å². The van der Waals surface area contributed by atoms with Crippen LogP contribution >= 0.6 is 12.4 Å². The summed E-state index contributed by atoms with van der Waals surface area (Å²) < 4.78 is 0. The molecule has 3 nitrogen and oxygen atoms in total. The van der Waals surface area contributed by atoms with Crippen molar-refractivity contribution in [1.82, 2.24) is 10.6 Å². The van der Waals surface area contributed by atoms with Crippen LogP contribution in [0.4, 0.5) is 0 Å². The second-order valence-electron chi connectivity index (χ2n) is 3.12. The molecule has 2 N–H and O–H groups in total. The molecular formula is C7H13ClN2O. The fraction of sp³-hybridized carbons (Fsp3) is 0.857. The van der Waals surface area contributed by atoms with Gasteiger partial charge in [0, 0.05) is 6.54 Å². The molecule has 0 aromatic carbocycles. The molecule has 0 aromatic heterocycles. The van der Waals surface area contributed by atoms with Gasteiger partial charge in [0.2, 0.25) is 5.91 Å². The molecule has 11 heavy (non-hydrogen) atoms. The molecular weight excluding hydrogens is 164 g/mol. The monoisotopic (exact) mass is 176 g/mol. The minimum Gasteiger partial charge on any atom is -0.354 e. The first-order valence-corrected chi connectivity index (χ1v) is 3.87. The number of carbonyl (C=O) groups excluding carboxylic acids is 1. The third-order valence-electron chi connectivity index (χ3n) is 2.52. The molecule has 2 heterocycles. The first kappa shape index (κ1) is 8.81. The second-order valence-corrected chi connectivity index (χ2v) is 3.12. The molecule has 64 valence electrons. The van der Waals surface area contributed by atoms with Gasteiger partial charge in [-0.25, -0.2) is 0 Å². The highest BCUT2D eigenvalue weighted by molar-refractivity contribution is 5.88. The maximum Gasteiger partial charge on any atom is 0.240 e. The van der Waals surface area contributed by atoms with Crippen molar-refractivity contribution < 1.29 is 4.79 Å². The van der Waals surface area contributed by atoms with E-state index in [0.717, 1.165) is 32.4 Å². The first-order valence-electron chi connectivity index (χ1n) is 3.87. The largest absolute Gasteiger partial charge is 0.354 e. The topological polar surface area (TPSA) is 41.1 Å². The van der Waals surface area contributed by atoms with Crippen molar-refractivity contribution in [1.29, 1.82) is 0 Å². The zero-order valence-corrected chi connectivity index (χ0v) is 7.17. The molecule has 0 radical (unpaired) electrons. The lowest BCUT2D eigenvalue weighted by Crippen LogP contribution is -2.46. The van der Waals surface area contributed by atoms with Gasteiger partial charge in [-0.3, -0.25) is 4.79 Å². The van der Waals surface area contributed by atoms with E-state index < -0.39 is 0 Å². The SMILES string of the molecule is Cl.O=C1NCC[C@]12CCCN2. The molecule has 1 spiro atoms. The van der Waals surface area contributed by atoms with E-state index in [4.69, 9.17) is 0 Å². The number of amides is 1. The summed E-state index contributed by atoms with van der Waals surface area (Å²) in [7, 11) is 0. The number of hydrogen-bond donors (Lipinski definition) is 2. The lowest BCUT2D eigenvalue weighted by atomic mass is 9.96. The standard InChI is InChI=1S/C7H12N2O.ClH/c10-6-7(3-5-8-6)2-1-4-9-7;/h9H,1-5H2,(H,8,10);1H/t7-;/m1./s1. The van der Waals surface area contributed by atoms with Gasteiger partial charge in [0.05, 0.1) is 5.54 Å². The maximum atomic E-state index is 11.2. The molecule has 0 bridgehead atoms. The maximum absolute atomic E-state index is 11.2. The van der Waals surface area contributed by atoms with Crippen LogP contribution in [0.5, 0.6) is 0 Å². The summed E-state index contributed by atoms with van der Waals surface area (Å²) in [6.07, 6.45) is 3.15. The Labute approximate surface area is 72.3 Å². The third kappa shape index (κ3) is 1.23. The molecule has 2 saturated heterocycles. The molecule has 1 atom stereocenters. The lowest BCUT2D eigenvalue weighted by molar-refractivity contribution is -0.124. The van der Waals surface area contributed by atoms with Gasteiger partial charge in [-0.1, -0.05) is 0 Å². The molecule has 2 fully saturated rings. The van der Waals surface area contributed by atoms with E-state index >= 15 is 0 Å². The minimum atomic E-state index is -0.153. The smallest absolute Gasteiger partial charge is 0.240 e. The molecule has 0 aromatic rings. The summed E-state index contributed by atoms with van der Waals surface area (Å²) in [5.41, 5.74) is -0.153. The van der Waals surface area contributed by atoms with Crippen LogP contribution in [0.25, 0.3) is 0 Å². The number of nitrogens with one attached hydrogen (secondary N) is 2. The zero-order chi connectivity index (χ0) is 7.03. The number of rotatable bonds is 0. The fourth-order valence-corrected chi connectivity index (χ4v) is 1.89. The van der Waals surface area contributed by atoms with Crippen molar-refractivity contribution in [3.8, 4) is 0 Å². The Morgan fingerprint density at radius 2 is 2.09 bits per heavy atom. The van der Waals surface area contributed by atoms with Crippen LogP contribution in [0.2, 0.25) is 0 Å². The Morgan fingerprint density at radius 1 is 1.27 bits per heavy atom. The molecule has 0 saturated carbocycles. The van der Waals surface area contributed by atoms with Gasteiger partial charge in [0.25, 0.3) is 0 Å². The van der Waals surface area contributed by atoms with Crippen molar-refractivity contribution >= 4 is 18.3 Å². The molecule has 4 heteroatoms. The number of hydrogen-bond acceptors (Lipinski definition) is 2. The van der Waals surface area contributed by atoms with Gasteiger partial charge < -0.3 is 10.6 Å². The van der Waals surface area contributed by atoms with Gasteiger partial charge in [-0.2, -0.15) is 0 Å². The zero-order valence-electron chi connectivity index (χ0n) is 6.35. The van der Waals surface area contributed by atoms with Crippen LogP contribution in [0, 0.1) is 0 Å². The summed E-state index contributed by atoms with van der Waals surface area (Å²) in [6, 6.07) is 0. The summed E-state index contributed by atoms with van der Waals surface area (Å²) in [4.78, 5) is 11.2. The third-order valence-corrected chi connectivity index (χ3v) is 2.52. The van der Waals surface area contributed by atoms with E-state index in [1.54, 1.807) is 0 Å². The van der Waals surface area contributed by atoms with Crippen LogP contribution in [0.15, 0.2) is 0 Å². The number of carbonyl (C=O) groups is 1. The highest BCUT2D eigenvalue weighted by Gasteiger charge is 2.43. The van der Waals surface area contributed by atoms with Crippen LogP contribution in [0.1, 0.15) is 19.3 Å². The fourth-order valence-electron chi connectivity index (χ4n) is 1.89. The summed E-state index contributed by atoms with van der Waals surface area (Å²) in [5.74, 6) is 0.213. The first-order chi connectivity index (χ1) is 4.83. The predicted molar refractivity (Wildman–Crippen MR) is 44.8 cm³/mol. The van der Waals surface area contributed by atoms with E-state index in [9.17, 15) is 4.79 Å². The van der Waals surface area contributed by atoms with Crippen molar-refractivity contribution in [2.45, 2.75) is 24.8 Å².